The highest BCUT2D eigenvalue weighted by Crippen LogP contribution is 2.21. The van der Waals surface area contributed by atoms with Gasteiger partial charge < -0.3 is 10.1 Å². The molecule has 0 saturated carbocycles. The maximum Gasteiger partial charge on any atom is 0.130 e. The summed E-state index contributed by atoms with van der Waals surface area (Å²) in [5, 5.41) is 4.50. The second-order valence-electron chi connectivity index (χ2n) is 5.80. The van der Waals surface area contributed by atoms with Gasteiger partial charge in [0, 0.05) is 16.8 Å². The highest BCUT2D eigenvalue weighted by Gasteiger charge is 2.01. The predicted octanol–water partition coefficient (Wildman–Crippen LogP) is 5.56. The molecule has 0 aliphatic carbocycles. The first-order valence-electron chi connectivity index (χ1n) is 8.26. The highest BCUT2D eigenvalue weighted by atomic mass is 16.5. The molecule has 0 atom stereocenters. The van der Waals surface area contributed by atoms with Gasteiger partial charge in [-0.1, -0.05) is 42.5 Å². The van der Waals surface area contributed by atoms with Gasteiger partial charge in [-0.25, -0.2) is 4.98 Å². The van der Waals surface area contributed by atoms with Crippen molar-refractivity contribution in [2.45, 2.75) is 6.61 Å². The number of ether oxygens (including phenoxy) is 1. The van der Waals surface area contributed by atoms with Crippen LogP contribution in [0.15, 0.2) is 91.0 Å². The van der Waals surface area contributed by atoms with Crippen LogP contribution in [0.3, 0.4) is 0 Å². The zero-order valence-corrected chi connectivity index (χ0v) is 13.7. The van der Waals surface area contributed by atoms with Crippen LogP contribution in [0.2, 0.25) is 0 Å². The Balaban J connectivity index is 1.40. The summed E-state index contributed by atoms with van der Waals surface area (Å²) in [6.07, 6.45) is 0. The number of pyridine rings is 1. The van der Waals surface area contributed by atoms with Gasteiger partial charge in [0.1, 0.15) is 12.4 Å². The number of hydrogen-bond donors (Lipinski definition) is 1. The Hall–Kier alpha value is -3.33. The number of fused-ring (bicyclic) bond motifs is 1. The third-order valence-corrected chi connectivity index (χ3v) is 3.96. The molecule has 4 rings (SSSR count). The molecule has 0 bridgehead atoms. The summed E-state index contributed by atoms with van der Waals surface area (Å²) in [4.78, 5) is 4.63. The summed E-state index contributed by atoms with van der Waals surface area (Å²) in [6.45, 7) is 0.455. The Morgan fingerprint density at radius 1 is 0.680 bits per heavy atom. The minimum absolute atomic E-state index is 0.455. The lowest BCUT2D eigenvalue weighted by Gasteiger charge is -2.09. The second kappa shape index (κ2) is 7.05. The zero-order valence-electron chi connectivity index (χ0n) is 13.7. The normalized spacial score (nSPS) is 10.6. The van der Waals surface area contributed by atoms with Crippen molar-refractivity contribution in [1.29, 1.82) is 0 Å². The van der Waals surface area contributed by atoms with Gasteiger partial charge in [-0.15, -0.1) is 0 Å². The van der Waals surface area contributed by atoms with E-state index in [0.29, 0.717) is 6.61 Å². The van der Waals surface area contributed by atoms with Crippen molar-refractivity contribution in [2.75, 3.05) is 5.32 Å². The average Bonchev–Trinajstić information content (AvgIpc) is 2.68. The molecule has 0 unspecified atom stereocenters. The quantitative estimate of drug-likeness (QED) is 0.521. The molecule has 0 spiro atoms. The molecule has 0 saturated heterocycles. The van der Waals surface area contributed by atoms with Gasteiger partial charge in [-0.3, -0.25) is 0 Å². The number of benzene rings is 3. The van der Waals surface area contributed by atoms with Crippen LogP contribution in [0.4, 0.5) is 11.4 Å². The minimum atomic E-state index is 0.455. The van der Waals surface area contributed by atoms with Crippen molar-refractivity contribution >= 4 is 22.3 Å². The molecule has 3 nitrogen and oxygen atoms in total. The number of hydrogen-bond acceptors (Lipinski definition) is 3. The molecule has 1 aromatic heterocycles. The first-order chi connectivity index (χ1) is 12.4. The summed E-state index contributed by atoms with van der Waals surface area (Å²) in [5.74, 6) is 0.827. The Kier molecular flexibility index (Phi) is 4.29. The van der Waals surface area contributed by atoms with Gasteiger partial charge in [0.2, 0.25) is 0 Å². The Morgan fingerprint density at radius 3 is 2.24 bits per heavy atom. The number of aromatic nitrogens is 1. The van der Waals surface area contributed by atoms with Crippen molar-refractivity contribution in [3.05, 3.63) is 96.7 Å². The van der Waals surface area contributed by atoms with E-state index in [0.717, 1.165) is 33.7 Å². The zero-order chi connectivity index (χ0) is 16.9. The lowest BCUT2D eigenvalue weighted by Crippen LogP contribution is -1.98. The molecule has 0 amide bonds. The largest absolute Gasteiger partial charge is 0.487 e. The summed E-state index contributed by atoms with van der Waals surface area (Å²) in [7, 11) is 0. The maximum atomic E-state index is 5.86. The monoisotopic (exact) mass is 326 g/mol. The second-order valence-corrected chi connectivity index (χ2v) is 5.80. The molecule has 1 N–H and O–H groups in total. The van der Waals surface area contributed by atoms with E-state index in [9.17, 15) is 0 Å². The van der Waals surface area contributed by atoms with E-state index in [4.69, 9.17) is 4.74 Å². The Labute approximate surface area is 146 Å². The Bertz CT molecular complexity index is 966. The van der Waals surface area contributed by atoms with E-state index >= 15 is 0 Å². The molecule has 0 fully saturated rings. The fourth-order valence-corrected chi connectivity index (χ4v) is 2.67. The standard InChI is InChI=1S/C22H18N2O/c1-2-7-18(8-3-1)23-19-12-14-21(15-13-19)25-16-20-11-10-17-6-4-5-9-22(17)24-20/h1-15,23H,16H2. The fraction of sp³-hybridized carbons (Fsp3) is 0.0455. The van der Waals surface area contributed by atoms with Crippen LogP contribution in [0.5, 0.6) is 5.75 Å². The molecule has 0 aliphatic heterocycles. The van der Waals surface area contributed by atoms with Crippen LogP contribution in [0, 0.1) is 0 Å². The number of para-hydroxylation sites is 2. The van der Waals surface area contributed by atoms with Crippen molar-refractivity contribution in [2.24, 2.45) is 0 Å². The van der Waals surface area contributed by atoms with E-state index in [-0.39, 0.29) is 0 Å². The smallest absolute Gasteiger partial charge is 0.130 e. The van der Waals surface area contributed by atoms with Gasteiger partial charge in [0.05, 0.1) is 11.2 Å². The number of anilines is 2. The summed E-state index contributed by atoms with van der Waals surface area (Å²) < 4.78 is 5.86. The first kappa shape index (κ1) is 15.2. The first-order valence-corrected chi connectivity index (χ1v) is 8.26. The van der Waals surface area contributed by atoms with Crippen molar-refractivity contribution in [3.63, 3.8) is 0 Å². The van der Waals surface area contributed by atoms with Crippen molar-refractivity contribution < 1.29 is 4.74 Å². The van der Waals surface area contributed by atoms with Crippen LogP contribution in [-0.4, -0.2) is 4.98 Å². The van der Waals surface area contributed by atoms with Gasteiger partial charge in [-0.2, -0.15) is 0 Å². The van der Waals surface area contributed by atoms with Gasteiger partial charge in [0.25, 0.3) is 0 Å². The van der Waals surface area contributed by atoms with Crippen molar-refractivity contribution in [1.82, 2.24) is 4.98 Å². The molecular formula is C22H18N2O. The molecule has 4 aromatic rings. The average molecular weight is 326 g/mol. The van der Waals surface area contributed by atoms with E-state index in [1.54, 1.807) is 0 Å². The summed E-state index contributed by atoms with van der Waals surface area (Å²) in [5.41, 5.74) is 4.01. The van der Waals surface area contributed by atoms with E-state index in [2.05, 4.69) is 22.4 Å². The molecule has 1 heterocycles. The molecule has 3 aromatic carbocycles. The van der Waals surface area contributed by atoms with Crippen molar-refractivity contribution in [3.8, 4) is 5.75 Å². The number of nitrogens with one attached hydrogen (secondary N) is 1. The van der Waals surface area contributed by atoms with E-state index < -0.39 is 0 Å². The topological polar surface area (TPSA) is 34.1 Å². The fourth-order valence-electron chi connectivity index (χ4n) is 2.67. The third kappa shape index (κ3) is 3.78. The van der Waals surface area contributed by atoms with Gasteiger partial charge in [0.15, 0.2) is 0 Å². The number of rotatable bonds is 5. The molecule has 0 aliphatic rings. The van der Waals surface area contributed by atoms with Gasteiger partial charge in [-0.05, 0) is 48.5 Å². The van der Waals surface area contributed by atoms with Crippen LogP contribution >= 0.6 is 0 Å². The third-order valence-electron chi connectivity index (χ3n) is 3.96. The van der Waals surface area contributed by atoms with Crippen LogP contribution in [0.25, 0.3) is 10.9 Å². The molecular weight excluding hydrogens is 308 g/mol. The van der Waals surface area contributed by atoms with E-state index in [1.165, 1.54) is 0 Å². The SMILES string of the molecule is c1ccc(Nc2ccc(OCc3ccc4ccccc4n3)cc2)cc1. The molecule has 3 heteroatoms. The van der Waals surface area contributed by atoms with Crippen LogP contribution in [0.1, 0.15) is 5.69 Å². The molecule has 122 valence electrons. The summed E-state index contributed by atoms with van der Waals surface area (Å²) in [6, 6.07) is 30.2. The van der Waals surface area contributed by atoms with Crippen LogP contribution < -0.4 is 10.1 Å². The lowest BCUT2D eigenvalue weighted by molar-refractivity contribution is 0.302. The lowest BCUT2D eigenvalue weighted by atomic mass is 10.2. The maximum absolute atomic E-state index is 5.86. The van der Waals surface area contributed by atoms with Gasteiger partial charge >= 0.3 is 0 Å². The predicted molar refractivity (Wildman–Crippen MR) is 102 cm³/mol. The minimum Gasteiger partial charge on any atom is -0.487 e. The Morgan fingerprint density at radius 2 is 1.40 bits per heavy atom. The number of nitrogens with zero attached hydrogens (tertiary/aromatic N) is 1. The summed E-state index contributed by atoms with van der Waals surface area (Å²) >= 11 is 0. The molecule has 25 heavy (non-hydrogen) atoms. The van der Waals surface area contributed by atoms with E-state index in [1.807, 2.05) is 78.9 Å². The van der Waals surface area contributed by atoms with Crippen LogP contribution in [-0.2, 0) is 6.61 Å². The highest BCUT2D eigenvalue weighted by molar-refractivity contribution is 5.78. The molecule has 0 radical (unpaired) electrons.